The molecule has 0 spiro atoms. The molecule has 3 nitrogen and oxygen atoms in total. The summed E-state index contributed by atoms with van der Waals surface area (Å²) >= 11 is 5.98. The van der Waals surface area contributed by atoms with Crippen molar-refractivity contribution >= 4 is 22.5 Å². The molecule has 0 unspecified atom stereocenters. The van der Waals surface area contributed by atoms with Crippen LogP contribution in [-0.2, 0) is 13.1 Å². The van der Waals surface area contributed by atoms with Crippen LogP contribution in [-0.4, -0.2) is 21.8 Å². The molecule has 1 aromatic heterocycles. The highest BCUT2D eigenvalue weighted by Crippen LogP contribution is 2.23. The summed E-state index contributed by atoms with van der Waals surface area (Å²) in [5, 5.41) is 14.9. The van der Waals surface area contributed by atoms with Crippen LogP contribution < -0.4 is 5.32 Å². The van der Waals surface area contributed by atoms with Crippen LogP contribution in [0.1, 0.15) is 25.0 Å². The molecule has 3 rings (SSSR count). The largest absolute Gasteiger partial charge is 0.394 e. The van der Waals surface area contributed by atoms with Crippen LogP contribution in [0, 0.1) is 0 Å². The number of nitrogens with one attached hydrogen (secondary N) is 1. The van der Waals surface area contributed by atoms with Gasteiger partial charge in [0.05, 0.1) is 6.61 Å². The molecular weight excluding hydrogens is 320 g/mol. The molecular formula is C20H23ClN2O. The molecule has 3 aromatic rings. The van der Waals surface area contributed by atoms with Crippen molar-refractivity contribution in [3.05, 3.63) is 70.9 Å². The molecule has 2 aromatic carbocycles. The first-order valence-corrected chi connectivity index (χ1v) is 8.53. The van der Waals surface area contributed by atoms with Gasteiger partial charge < -0.3 is 15.0 Å². The van der Waals surface area contributed by atoms with E-state index in [1.54, 1.807) is 0 Å². The first kappa shape index (κ1) is 17.0. The van der Waals surface area contributed by atoms with Gasteiger partial charge in [0.1, 0.15) is 0 Å². The lowest BCUT2D eigenvalue weighted by Gasteiger charge is -2.23. The number of nitrogens with zero attached hydrogens (tertiary/aromatic N) is 1. The Bertz CT molecular complexity index is 821. The minimum absolute atomic E-state index is 0.108. The maximum atomic E-state index is 9.43. The quantitative estimate of drug-likeness (QED) is 0.704. The number of aliphatic hydroxyl groups excluding tert-OH is 1. The van der Waals surface area contributed by atoms with Crippen LogP contribution in [0.5, 0.6) is 0 Å². The Morgan fingerprint density at radius 3 is 2.50 bits per heavy atom. The molecule has 0 bridgehead atoms. The zero-order valence-electron chi connectivity index (χ0n) is 14.1. The van der Waals surface area contributed by atoms with Crippen LogP contribution in [0.15, 0.2) is 54.7 Å². The molecule has 0 aliphatic rings. The van der Waals surface area contributed by atoms with Crippen LogP contribution in [0.3, 0.4) is 0 Å². The van der Waals surface area contributed by atoms with Crippen LogP contribution in [0.2, 0.25) is 5.02 Å². The average molecular weight is 343 g/mol. The van der Waals surface area contributed by atoms with Gasteiger partial charge in [0.2, 0.25) is 0 Å². The third kappa shape index (κ3) is 3.81. The Morgan fingerprint density at radius 2 is 1.79 bits per heavy atom. The van der Waals surface area contributed by atoms with E-state index in [2.05, 4.69) is 52.5 Å². The highest BCUT2D eigenvalue weighted by molar-refractivity contribution is 6.30. The summed E-state index contributed by atoms with van der Waals surface area (Å²) in [5.74, 6) is 0. The number of hydrogen-bond acceptors (Lipinski definition) is 2. The second-order valence-electron chi connectivity index (χ2n) is 6.82. The van der Waals surface area contributed by atoms with Crippen molar-refractivity contribution in [2.24, 2.45) is 0 Å². The van der Waals surface area contributed by atoms with Gasteiger partial charge in [0, 0.05) is 40.8 Å². The number of halogens is 1. The molecule has 4 heteroatoms. The van der Waals surface area contributed by atoms with Gasteiger partial charge >= 0.3 is 0 Å². The highest BCUT2D eigenvalue weighted by atomic mass is 35.5. The van der Waals surface area contributed by atoms with Gasteiger partial charge in [-0.25, -0.2) is 0 Å². The maximum Gasteiger partial charge on any atom is 0.0607 e. The monoisotopic (exact) mass is 342 g/mol. The molecule has 0 aliphatic heterocycles. The van der Waals surface area contributed by atoms with Gasteiger partial charge in [-0.2, -0.15) is 0 Å². The molecule has 0 saturated carbocycles. The fraction of sp³-hybridized carbons (Fsp3) is 0.300. The Morgan fingerprint density at radius 1 is 1.08 bits per heavy atom. The Hall–Kier alpha value is -1.81. The van der Waals surface area contributed by atoms with E-state index in [1.807, 2.05) is 26.0 Å². The Balaban J connectivity index is 1.90. The Labute approximate surface area is 147 Å². The smallest absolute Gasteiger partial charge is 0.0607 e. The third-order valence-electron chi connectivity index (χ3n) is 4.29. The maximum absolute atomic E-state index is 9.43. The highest BCUT2D eigenvalue weighted by Gasteiger charge is 2.16. The zero-order valence-corrected chi connectivity index (χ0v) is 14.8. The van der Waals surface area contributed by atoms with E-state index in [4.69, 9.17) is 11.6 Å². The molecule has 0 radical (unpaired) electrons. The van der Waals surface area contributed by atoms with Gasteiger partial charge in [-0.05, 0) is 43.2 Å². The number of benzene rings is 2. The number of fused-ring (bicyclic) bond motifs is 1. The van der Waals surface area contributed by atoms with Crippen LogP contribution >= 0.6 is 11.6 Å². The van der Waals surface area contributed by atoms with Crippen molar-refractivity contribution in [2.45, 2.75) is 32.5 Å². The van der Waals surface area contributed by atoms with Crippen molar-refractivity contribution < 1.29 is 5.11 Å². The van der Waals surface area contributed by atoms with Crippen LogP contribution in [0.25, 0.3) is 10.9 Å². The molecule has 0 saturated heterocycles. The van der Waals surface area contributed by atoms with E-state index in [0.29, 0.717) is 0 Å². The van der Waals surface area contributed by atoms with Gasteiger partial charge in [-0.3, -0.25) is 0 Å². The molecule has 0 fully saturated rings. The summed E-state index contributed by atoms with van der Waals surface area (Å²) in [5.41, 5.74) is 3.38. The lowest BCUT2D eigenvalue weighted by atomic mass is 10.1. The number of rotatable bonds is 6. The molecule has 0 aliphatic carbocycles. The van der Waals surface area contributed by atoms with E-state index < -0.39 is 0 Å². The summed E-state index contributed by atoms with van der Waals surface area (Å²) in [6, 6.07) is 16.4. The van der Waals surface area contributed by atoms with E-state index in [9.17, 15) is 5.11 Å². The van der Waals surface area contributed by atoms with Gasteiger partial charge in [0.15, 0.2) is 0 Å². The van der Waals surface area contributed by atoms with E-state index in [-0.39, 0.29) is 12.1 Å². The molecule has 2 N–H and O–H groups in total. The first-order valence-electron chi connectivity index (χ1n) is 8.15. The van der Waals surface area contributed by atoms with Crippen molar-refractivity contribution in [1.29, 1.82) is 0 Å². The fourth-order valence-electron chi connectivity index (χ4n) is 2.77. The number of aliphatic hydroxyl groups is 1. The van der Waals surface area contributed by atoms with E-state index in [1.165, 1.54) is 22.0 Å². The average Bonchev–Trinajstić information content (AvgIpc) is 2.93. The predicted octanol–water partition coefficient (Wildman–Crippen LogP) is 4.20. The number of aromatic nitrogens is 1. The van der Waals surface area contributed by atoms with Crippen LogP contribution in [0.4, 0.5) is 0 Å². The fourth-order valence-corrected chi connectivity index (χ4v) is 2.90. The standard InChI is InChI=1S/C20H23ClN2O/c1-20(2,14-24)22-11-16-13-23(19-6-4-3-5-18(16)19)12-15-7-9-17(21)10-8-15/h3-10,13,22,24H,11-12,14H2,1-2H3. The topological polar surface area (TPSA) is 37.2 Å². The van der Waals surface area contributed by atoms with Crippen molar-refractivity contribution in [2.75, 3.05) is 6.61 Å². The molecule has 126 valence electrons. The summed E-state index contributed by atoms with van der Waals surface area (Å²) < 4.78 is 2.27. The second kappa shape index (κ2) is 6.98. The van der Waals surface area contributed by atoms with Crippen molar-refractivity contribution in [1.82, 2.24) is 9.88 Å². The predicted molar refractivity (Wildman–Crippen MR) is 100 cm³/mol. The van der Waals surface area contributed by atoms with E-state index in [0.717, 1.165) is 18.1 Å². The Kier molecular flexibility index (Phi) is 4.95. The van der Waals surface area contributed by atoms with Gasteiger partial charge in [0.25, 0.3) is 0 Å². The summed E-state index contributed by atoms with van der Waals surface area (Å²) in [7, 11) is 0. The molecule has 0 amide bonds. The molecule has 24 heavy (non-hydrogen) atoms. The zero-order chi connectivity index (χ0) is 17.2. The normalized spacial score (nSPS) is 12.0. The second-order valence-corrected chi connectivity index (χ2v) is 7.26. The van der Waals surface area contributed by atoms with Crippen molar-refractivity contribution in [3.8, 4) is 0 Å². The lowest BCUT2D eigenvalue weighted by molar-refractivity contribution is 0.187. The lowest BCUT2D eigenvalue weighted by Crippen LogP contribution is -2.42. The van der Waals surface area contributed by atoms with Gasteiger partial charge in [-0.15, -0.1) is 0 Å². The van der Waals surface area contributed by atoms with Crippen molar-refractivity contribution in [3.63, 3.8) is 0 Å². The first-order chi connectivity index (χ1) is 11.5. The van der Waals surface area contributed by atoms with Gasteiger partial charge in [-0.1, -0.05) is 41.9 Å². The minimum atomic E-state index is -0.292. The summed E-state index contributed by atoms with van der Waals surface area (Å²) in [6.45, 7) is 5.64. The summed E-state index contributed by atoms with van der Waals surface area (Å²) in [6.07, 6.45) is 2.19. The van der Waals surface area contributed by atoms with E-state index >= 15 is 0 Å². The minimum Gasteiger partial charge on any atom is -0.394 e. The summed E-state index contributed by atoms with van der Waals surface area (Å²) in [4.78, 5) is 0. The number of para-hydroxylation sites is 1. The molecule has 0 atom stereocenters. The SMILES string of the molecule is CC(C)(CO)NCc1cn(Cc2ccc(Cl)cc2)c2ccccc12. The number of hydrogen-bond donors (Lipinski definition) is 2. The third-order valence-corrected chi connectivity index (χ3v) is 4.54. The molecule has 1 heterocycles.